The van der Waals surface area contributed by atoms with Crippen LogP contribution in [0.5, 0.6) is 11.5 Å². The van der Waals surface area contributed by atoms with Gasteiger partial charge in [0.2, 0.25) is 0 Å². The molecule has 13 heavy (non-hydrogen) atoms. The molecule has 2 N–H and O–H groups in total. The fourth-order valence-corrected chi connectivity index (χ4v) is 1.87. The van der Waals surface area contributed by atoms with Gasteiger partial charge >= 0.3 is 0 Å². The maximum Gasteiger partial charge on any atom is 0.175 e. The summed E-state index contributed by atoms with van der Waals surface area (Å²) in [6, 6.07) is 1.80. The number of phenols is 1. The lowest BCUT2D eigenvalue weighted by Gasteiger charge is -2.11. The number of methoxy groups -OCH3 is 1. The van der Waals surface area contributed by atoms with Gasteiger partial charge < -0.3 is 14.9 Å². The first-order valence-electron chi connectivity index (χ1n) is 3.77. The van der Waals surface area contributed by atoms with Crippen molar-refractivity contribution in [1.82, 2.24) is 0 Å². The molecule has 0 radical (unpaired) electrons. The van der Waals surface area contributed by atoms with E-state index in [4.69, 9.17) is 9.84 Å². The molecule has 0 saturated carbocycles. The molecule has 0 aromatic heterocycles. The Balaban J connectivity index is 3.39. The first-order chi connectivity index (χ1) is 6.11. The van der Waals surface area contributed by atoms with Gasteiger partial charge in [0, 0.05) is 5.56 Å². The molecular weight excluding hydrogens is 236 g/mol. The van der Waals surface area contributed by atoms with E-state index < -0.39 is 0 Å². The van der Waals surface area contributed by atoms with Crippen molar-refractivity contribution < 1.29 is 14.9 Å². The molecule has 0 saturated heterocycles. The molecule has 0 spiro atoms. The molecule has 1 aromatic carbocycles. The first-order valence-corrected chi connectivity index (χ1v) is 4.57. The lowest BCUT2D eigenvalue weighted by Crippen LogP contribution is -1.94. The number of aliphatic hydroxyl groups is 1. The Kier molecular flexibility index (Phi) is 3.17. The van der Waals surface area contributed by atoms with Gasteiger partial charge in [-0.2, -0.15) is 0 Å². The van der Waals surface area contributed by atoms with E-state index >= 15 is 0 Å². The number of aryl methyl sites for hydroxylation is 1. The highest BCUT2D eigenvalue weighted by atomic mass is 79.9. The van der Waals surface area contributed by atoms with Crippen LogP contribution in [-0.2, 0) is 6.61 Å². The minimum atomic E-state index is -0.193. The number of hydrogen-bond acceptors (Lipinski definition) is 3. The number of aliphatic hydroxyl groups excluding tert-OH is 1. The van der Waals surface area contributed by atoms with Crippen LogP contribution in [0.25, 0.3) is 0 Å². The molecule has 0 aliphatic rings. The monoisotopic (exact) mass is 246 g/mol. The van der Waals surface area contributed by atoms with Crippen LogP contribution in [-0.4, -0.2) is 17.3 Å². The lowest BCUT2D eigenvalue weighted by molar-refractivity contribution is 0.271. The summed E-state index contributed by atoms with van der Waals surface area (Å²) in [5.74, 6) is 0.353. The number of aromatic hydroxyl groups is 1. The standard InChI is InChI=1S/C9H11BrO3/c1-5-3-7(10)9(13-2)8(12)6(5)4-11/h3,11-12H,4H2,1-2H3. The van der Waals surface area contributed by atoms with Crippen LogP contribution in [0.2, 0.25) is 0 Å². The number of rotatable bonds is 2. The van der Waals surface area contributed by atoms with Gasteiger partial charge in [0.1, 0.15) is 0 Å². The summed E-state index contributed by atoms with van der Waals surface area (Å²) in [4.78, 5) is 0. The molecule has 0 bridgehead atoms. The van der Waals surface area contributed by atoms with Gasteiger partial charge in [-0.1, -0.05) is 0 Å². The van der Waals surface area contributed by atoms with Crippen molar-refractivity contribution in [2.45, 2.75) is 13.5 Å². The third kappa shape index (κ3) is 1.78. The summed E-state index contributed by atoms with van der Waals surface area (Å²) < 4.78 is 5.65. The molecule has 1 aromatic rings. The molecule has 0 aliphatic heterocycles. The predicted molar refractivity (Wildman–Crippen MR) is 53.0 cm³/mol. The second-order valence-corrected chi connectivity index (χ2v) is 3.55. The van der Waals surface area contributed by atoms with Gasteiger partial charge in [-0.15, -0.1) is 0 Å². The summed E-state index contributed by atoms with van der Waals surface area (Å²) in [5, 5.41) is 18.6. The van der Waals surface area contributed by atoms with E-state index in [1.54, 1.807) is 6.07 Å². The van der Waals surface area contributed by atoms with Crippen molar-refractivity contribution in [2.75, 3.05) is 7.11 Å². The minimum absolute atomic E-state index is 0.00289. The average molecular weight is 247 g/mol. The van der Waals surface area contributed by atoms with Crippen molar-refractivity contribution in [3.05, 3.63) is 21.7 Å². The van der Waals surface area contributed by atoms with Crippen molar-refractivity contribution >= 4 is 15.9 Å². The molecule has 1 rings (SSSR count). The van der Waals surface area contributed by atoms with E-state index in [0.29, 0.717) is 15.8 Å². The number of ether oxygens (including phenoxy) is 1. The van der Waals surface area contributed by atoms with Crippen molar-refractivity contribution in [2.24, 2.45) is 0 Å². The summed E-state index contributed by atoms with van der Waals surface area (Å²) in [6.07, 6.45) is 0. The van der Waals surface area contributed by atoms with Gasteiger partial charge in [-0.05, 0) is 34.5 Å². The molecule has 0 fully saturated rings. The Labute approximate surface area is 85.1 Å². The molecule has 0 amide bonds. The van der Waals surface area contributed by atoms with Crippen LogP contribution < -0.4 is 4.74 Å². The first kappa shape index (κ1) is 10.3. The highest BCUT2D eigenvalue weighted by Gasteiger charge is 2.13. The fraction of sp³-hybridized carbons (Fsp3) is 0.333. The quantitative estimate of drug-likeness (QED) is 0.839. The molecule has 72 valence electrons. The van der Waals surface area contributed by atoms with Crippen LogP contribution in [0, 0.1) is 6.92 Å². The predicted octanol–water partition coefficient (Wildman–Crippen LogP) is 1.96. The van der Waals surface area contributed by atoms with E-state index in [1.807, 2.05) is 6.92 Å². The Hall–Kier alpha value is -0.740. The summed E-state index contributed by atoms with van der Waals surface area (Å²) >= 11 is 3.25. The summed E-state index contributed by atoms with van der Waals surface area (Å²) in [7, 11) is 1.47. The number of benzene rings is 1. The summed E-state index contributed by atoms with van der Waals surface area (Å²) in [6.45, 7) is 1.62. The molecular formula is C9H11BrO3. The summed E-state index contributed by atoms with van der Waals surface area (Å²) in [5.41, 5.74) is 1.33. The molecule has 0 aliphatic carbocycles. The third-order valence-electron chi connectivity index (χ3n) is 1.90. The number of halogens is 1. The van der Waals surface area contributed by atoms with Gasteiger partial charge in [0.15, 0.2) is 11.5 Å². The maximum absolute atomic E-state index is 9.64. The maximum atomic E-state index is 9.64. The second kappa shape index (κ2) is 3.98. The Morgan fingerprint density at radius 1 is 1.54 bits per heavy atom. The average Bonchev–Trinajstić information content (AvgIpc) is 2.04. The van der Waals surface area contributed by atoms with Crippen molar-refractivity contribution in [3.63, 3.8) is 0 Å². The van der Waals surface area contributed by atoms with E-state index in [0.717, 1.165) is 5.56 Å². The smallest absolute Gasteiger partial charge is 0.175 e. The topological polar surface area (TPSA) is 49.7 Å². The van der Waals surface area contributed by atoms with Gasteiger partial charge in [0.25, 0.3) is 0 Å². The van der Waals surface area contributed by atoms with Gasteiger partial charge in [0.05, 0.1) is 18.2 Å². The van der Waals surface area contributed by atoms with Gasteiger partial charge in [-0.3, -0.25) is 0 Å². The fourth-order valence-electron chi connectivity index (χ4n) is 1.17. The zero-order chi connectivity index (χ0) is 10.0. The normalized spacial score (nSPS) is 10.2. The molecule has 4 heteroatoms. The van der Waals surface area contributed by atoms with Crippen LogP contribution in [0.4, 0.5) is 0 Å². The Bertz CT molecular complexity index is 295. The zero-order valence-corrected chi connectivity index (χ0v) is 9.05. The van der Waals surface area contributed by atoms with Crippen LogP contribution >= 0.6 is 15.9 Å². The third-order valence-corrected chi connectivity index (χ3v) is 2.49. The van der Waals surface area contributed by atoms with Crippen LogP contribution in [0.15, 0.2) is 10.5 Å². The molecule has 3 nitrogen and oxygen atoms in total. The zero-order valence-electron chi connectivity index (χ0n) is 7.47. The van der Waals surface area contributed by atoms with Crippen molar-refractivity contribution in [3.8, 4) is 11.5 Å². The van der Waals surface area contributed by atoms with E-state index in [-0.39, 0.29) is 12.4 Å². The second-order valence-electron chi connectivity index (χ2n) is 2.69. The van der Waals surface area contributed by atoms with E-state index in [2.05, 4.69) is 15.9 Å². The van der Waals surface area contributed by atoms with Crippen LogP contribution in [0.3, 0.4) is 0 Å². The Morgan fingerprint density at radius 3 is 2.62 bits per heavy atom. The number of hydrogen-bond donors (Lipinski definition) is 2. The molecule has 0 unspecified atom stereocenters. The van der Waals surface area contributed by atoms with Gasteiger partial charge in [-0.25, -0.2) is 0 Å². The van der Waals surface area contributed by atoms with E-state index in [9.17, 15) is 5.11 Å². The minimum Gasteiger partial charge on any atom is -0.504 e. The molecule has 0 heterocycles. The SMILES string of the molecule is COc1c(Br)cc(C)c(CO)c1O. The van der Waals surface area contributed by atoms with Crippen molar-refractivity contribution in [1.29, 1.82) is 0 Å². The highest BCUT2D eigenvalue weighted by molar-refractivity contribution is 9.10. The lowest BCUT2D eigenvalue weighted by atomic mass is 10.1. The molecule has 0 atom stereocenters. The van der Waals surface area contributed by atoms with E-state index in [1.165, 1.54) is 7.11 Å². The largest absolute Gasteiger partial charge is 0.504 e. The Morgan fingerprint density at radius 2 is 2.15 bits per heavy atom. The van der Waals surface area contributed by atoms with Crippen LogP contribution in [0.1, 0.15) is 11.1 Å². The highest BCUT2D eigenvalue weighted by Crippen LogP contribution is 2.38.